The summed E-state index contributed by atoms with van der Waals surface area (Å²) >= 11 is 0. The van der Waals surface area contributed by atoms with Gasteiger partial charge in [-0.15, -0.1) is 0 Å². The molecule has 0 aliphatic rings. The zero-order chi connectivity index (χ0) is 15.1. The van der Waals surface area contributed by atoms with Gasteiger partial charge in [0.25, 0.3) is 0 Å². The van der Waals surface area contributed by atoms with Gasteiger partial charge in [-0.3, -0.25) is 0 Å². The van der Waals surface area contributed by atoms with Crippen molar-refractivity contribution in [1.82, 2.24) is 0 Å². The molecule has 2 aromatic rings. The highest BCUT2D eigenvalue weighted by Gasteiger charge is 2.07. The molecule has 0 aliphatic carbocycles. The van der Waals surface area contributed by atoms with E-state index in [0.717, 1.165) is 17.5 Å². The zero-order valence-corrected chi connectivity index (χ0v) is 12.1. The minimum Gasteiger partial charge on any atom is -0.490 e. The highest BCUT2D eigenvalue weighted by atomic mass is 19.1. The summed E-state index contributed by atoms with van der Waals surface area (Å²) in [5.74, 6) is 1.15. The predicted molar refractivity (Wildman–Crippen MR) is 81.1 cm³/mol. The van der Waals surface area contributed by atoms with Crippen LogP contribution in [0.1, 0.15) is 18.1 Å². The van der Waals surface area contributed by atoms with Crippen molar-refractivity contribution >= 4 is 0 Å². The SMILES string of the molecule is CCOc1cc(CCN)ccc1OCc1ccc(F)cc1. The normalized spacial score (nSPS) is 10.4. The van der Waals surface area contributed by atoms with Crippen LogP contribution in [-0.4, -0.2) is 13.2 Å². The maximum atomic E-state index is 12.9. The second-order valence-electron chi connectivity index (χ2n) is 4.67. The van der Waals surface area contributed by atoms with Crippen LogP contribution in [0, 0.1) is 5.82 Å². The molecule has 0 amide bonds. The van der Waals surface area contributed by atoms with E-state index in [1.807, 2.05) is 25.1 Å². The fourth-order valence-electron chi connectivity index (χ4n) is 2.00. The lowest BCUT2D eigenvalue weighted by molar-refractivity contribution is 0.269. The number of benzene rings is 2. The van der Waals surface area contributed by atoms with E-state index in [-0.39, 0.29) is 5.82 Å². The Morgan fingerprint density at radius 2 is 1.67 bits per heavy atom. The van der Waals surface area contributed by atoms with Crippen LogP contribution >= 0.6 is 0 Å². The van der Waals surface area contributed by atoms with Crippen molar-refractivity contribution in [3.8, 4) is 11.5 Å². The summed E-state index contributed by atoms with van der Waals surface area (Å²) in [6.45, 7) is 3.47. The quantitative estimate of drug-likeness (QED) is 0.850. The standard InChI is InChI=1S/C17H20FNO2/c1-2-20-17-11-13(9-10-19)5-8-16(17)21-12-14-3-6-15(18)7-4-14/h3-8,11H,2,9-10,12,19H2,1H3. The van der Waals surface area contributed by atoms with Crippen molar-refractivity contribution in [2.75, 3.05) is 13.2 Å². The zero-order valence-electron chi connectivity index (χ0n) is 12.1. The third-order valence-corrected chi connectivity index (χ3v) is 3.05. The Hall–Kier alpha value is -2.07. The number of rotatable bonds is 7. The van der Waals surface area contributed by atoms with Crippen molar-refractivity contribution in [2.24, 2.45) is 5.73 Å². The van der Waals surface area contributed by atoms with E-state index in [0.29, 0.717) is 31.3 Å². The molecule has 2 aromatic carbocycles. The fourth-order valence-corrected chi connectivity index (χ4v) is 2.00. The molecule has 112 valence electrons. The molecule has 0 saturated heterocycles. The van der Waals surface area contributed by atoms with Crippen molar-refractivity contribution < 1.29 is 13.9 Å². The van der Waals surface area contributed by atoms with Crippen molar-refractivity contribution in [3.05, 3.63) is 59.4 Å². The van der Waals surface area contributed by atoms with Crippen molar-refractivity contribution in [2.45, 2.75) is 20.0 Å². The highest BCUT2D eigenvalue weighted by Crippen LogP contribution is 2.29. The van der Waals surface area contributed by atoms with Crippen LogP contribution in [0.15, 0.2) is 42.5 Å². The summed E-state index contributed by atoms with van der Waals surface area (Å²) in [4.78, 5) is 0. The lowest BCUT2D eigenvalue weighted by atomic mass is 10.1. The molecular weight excluding hydrogens is 269 g/mol. The molecule has 2 N–H and O–H groups in total. The topological polar surface area (TPSA) is 44.5 Å². The Balaban J connectivity index is 2.09. The molecule has 4 heteroatoms. The van der Waals surface area contributed by atoms with E-state index in [1.54, 1.807) is 12.1 Å². The first-order chi connectivity index (χ1) is 10.2. The van der Waals surface area contributed by atoms with E-state index in [4.69, 9.17) is 15.2 Å². The monoisotopic (exact) mass is 289 g/mol. The molecule has 0 bridgehead atoms. The molecule has 0 aliphatic heterocycles. The van der Waals surface area contributed by atoms with Gasteiger partial charge in [0, 0.05) is 0 Å². The number of ether oxygens (including phenoxy) is 2. The maximum absolute atomic E-state index is 12.9. The molecule has 0 heterocycles. The summed E-state index contributed by atoms with van der Waals surface area (Å²) in [5.41, 5.74) is 7.59. The van der Waals surface area contributed by atoms with Crippen LogP contribution in [0.25, 0.3) is 0 Å². The van der Waals surface area contributed by atoms with Gasteiger partial charge in [-0.25, -0.2) is 4.39 Å². The summed E-state index contributed by atoms with van der Waals surface area (Å²) < 4.78 is 24.2. The van der Waals surface area contributed by atoms with Gasteiger partial charge in [0.05, 0.1) is 6.61 Å². The van der Waals surface area contributed by atoms with E-state index >= 15 is 0 Å². The van der Waals surface area contributed by atoms with Gasteiger partial charge in [0.1, 0.15) is 12.4 Å². The Kier molecular flexibility index (Phi) is 5.58. The smallest absolute Gasteiger partial charge is 0.161 e. The van der Waals surface area contributed by atoms with Gasteiger partial charge in [0.15, 0.2) is 11.5 Å². The lowest BCUT2D eigenvalue weighted by Crippen LogP contribution is -2.04. The molecule has 21 heavy (non-hydrogen) atoms. The summed E-state index contributed by atoms with van der Waals surface area (Å²) in [7, 11) is 0. The largest absolute Gasteiger partial charge is 0.490 e. The molecule has 0 radical (unpaired) electrons. The minimum atomic E-state index is -0.250. The van der Waals surface area contributed by atoms with Crippen LogP contribution in [0.3, 0.4) is 0 Å². The van der Waals surface area contributed by atoms with Crippen LogP contribution in [0.4, 0.5) is 4.39 Å². The molecule has 0 saturated carbocycles. The molecule has 2 rings (SSSR count). The maximum Gasteiger partial charge on any atom is 0.161 e. The number of hydrogen-bond acceptors (Lipinski definition) is 3. The third kappa shape index (κ3) is 4.46. The first-order valence-electron chi connectivity index (χ1n) is 7.06. The van der Waals surface area contributed by atoms with E-state index < -0.39 is 0 Å². The summed E-state index contributed by atoms with van der Waals surface area (Å²) in [6, 6.07) is 12.1. The van der Waals surface area contributed by atoms with Crippen LogP contribution in [0.2, 0.25) is 0 Å². The van der Waals surface area contributed by atoms with Crippen molar-refractivity contribution in [3.63, 3.8) is 0 Å². The number of halogens is 1. The van der Waals surface area contributed by atoms with E-state index in [9.17, 15) is 4.39 Å². The van der Waals surface area contributed by atoms with Crippen LogP contribution in [0.5, 0.6) is 11.5 Å². The van der Waals surface area contributed by atoms with Crippen LogP contribution < -0.4 is 15.2 Å². The Morgan fingerprint density at radius 1 is 0.952 bits per heavy atom. The van der Waals surface area contributed by atoms with Crippen molar-refractivity contribution in [1.29, 1.82) is 0 Å². The van der Waals surface area contributed by atoms with Gasteiger partial charge >= 0.3 is 0 Å². The van der Waals surface area contributed by atoms with E-state index in [2.05, 4.69) is 0 Å². The Morgan fingerprint density at radius 3 is 2.33 bits per heavy atom. The molecule has 0 aromatic heterocycles. The predicted octanol–water partition coefficient (Wildman–Crippen LogP) is 3.30. The van der Waals surface area contributed by atoms with Gasteiger partial charge in [-0.1, -0.05) is 18.2 Å². The minimum absolute atomic E-state index is 0.250. The molecule has 0 unspecified atom stereocenters. The summed E-state index contributed by atoms with van der Waals surface area (Å²) in [5, 5.41) is 0. The molecule has 3 nitrogen and oxygen atoms in total. The third-order valence-electron chi connectivity index (χ3n) is 3.05. The Labute approximate surface area is 124 Å². The fraction of sp³-hybridized carbons (Fsp3) is 0.294. The van der Waals surface area contributed by atoms with Crippen LogP contribution in [-0.2, 0) is 13.0 Å². The molecule has 0 fully saturated rings. The number of nitrogens with two attached hydrogens (primary N) is 1. The molecule has 0 atom stereocenters. The highest BCUT2D eigenvalue weighted by molar-refractivity contribution is 5.43. The van der Waals surface area contributed by atoms with Gasteiger partial charge in [-0.05, 0) is 55.3 Å². The van der Waals surface area contributed by atoms with Gasteiger partial charge in [-0.2, -0.15) is 0 Å². The van der Waals surface area contributed by atoms with E-state index in [1.165, 1.54) is 12.1 Å². The molecular formula is C17H20FNO2. The lowest BCUT2D eigenvalue weighted by Gasteiger charge is -2.13. The first kappa shape index (κ1) is 15.3. The first-order valence-corrected chi connectivity index (χ1v) is 7.06. The van der Waals surface area contributed by atoms with Gasteiger partial charge < -0.3 is 15.2 Å². The second kappa shape index (κ2) is 7.64. The second-order valence-corrected chi connectivity index (χ2v) is 4.67. The number of hydrogen-bond donors (Lipinski definition) is 1. The summed E-state index contributed by atoms with van der Waals surface area (Å²) in [6.07, 6.45) is 0.804. The average Bonchev–Trinajstić information content (AvgIpc) is 2.49. The Bertz CT molecular complexity index is 570. The van der Waals surface area contributed by atoms with Gasteiger partial charge in [0.2, 0.25) is 0 Å². The molecule has 0 spiro atoms. The average molecular weight is 289 g/mol.